The molecule has 0 atom stereocenters. The highest BCUT2D eigenvalue weighted by molar-refractivity contribution is 6.16. The fourth-order valence-electron chi connectivity index (χ4n) is 7.73. The molecule has 50 heavy (non-hydrogen) atoms. The number of aromatic nitrogens is 6. The summed E-state index contributed by atoms with van der Waals surface area (Å²) in [5.74, 6) is 0.603. The molecule has 0 aliphatic rings. The Labute approximate surface area is 285 Å². The zero-order valence-electron chi connectivity index (χ0n) is 26.7. The van der Waals surface area contributed by atoms with Crippen molar-refractivity contribution in [2.24, 2.45) is 0 Å². The molecule has 232 valence electrons. The molecular formula is C44H26N6. The van der Waals surface area contributed by atoms with Gasteiger partial charge in [-0.1, -0.05) is 127 Å². The van der Waals surface area contributed by atoms with Crippen LogP contribution in [0.25, 0.3) is 99.5 Å². The SMILES string of the molecule is c1cnc2c(-c3ccc(-c4nc(-n5c6ccccc6c6nc7c8ccccc8c8ccccc8n7c65)nc5ccccc45)cc3)cccc2c1. The van der Waals surface area contributed by atoms with Crippen LogP contribution < -0.4 is 0 Å². The van der Waals surface area contributed by atoms with Crippen molar-refractivity contribution in [2.75, 3.05) is 0 Å². The van der Waals surface area contributed by atoms with Gasteiger partial charge in [0.2, 0.25) is 5.95 Å². The summed E-state index contributed by atoms with van der Waals surface area (Å²) >= 11 is 0. The van der Waals surface area contributed by atoms with E-state index in [1.54, 1.807) is 0 Å². The van der Waals surface area contributed by atoms with Gasteiger partial charge in [0.25, 0.3) is 0 Å². The van der Waals surface area contributed by atoms with Crippen molar-refractivity contribution in [1.82, 2.24) is 28.9 Å². The quantitative estimate of drug-likeness (QED) is 0.181. The van der Waals surface area contributed by atoms with E-state index in [9.17, 15) is 0 Å². The number of para-hydroxylation sites is 4. The number of hydrogen-bond acceptors (Lipinski definition) is 4. The Morgan fingerprint density at radius 2 is 1.12 bits per heavy atom. The Bertz CT molecular complexity index is 3150. The summed E-state index contributed by atoms with van der Waals surface area (Å²) in [7, 11) is 0. The molecule has 5 aromatic heterocycles. The summed E-state index contributed by atoms with van der Waals surface area (Å²) < 4.78 is 4.48. The molecule has 0 amide bonds. The van der Waals surface area contributed by atoms with Gasteiger partial charge in [0.05, 0.1) is 27.8 Å². The fraction of sp³-hybridized carbons (Fsp3) is 0. The molecule has 0 unspecified atom stereocenters. The average Bonchev–Trinajstić information content (AvgIpc) is 3.73. The molecule has 0 spiro atoms. The maximum Gasteiger partial charge on any atom is 0.237 e. The Balaban J connectivity index is 1.20. The van der Waals surface area contributed by atoms with Gasteiger partial charge in [-0.15, -0.1) is 0 Å². The first-order chi connectivity index (χ1) is 24.8. The second kappa shape index (κ2) is 10.3. The van der Waals surface area contributed by atoms with Gasteiger partial charge in [-0.2, -0.15) is 0 Å². The number of rotatable bonds is 3. The number of imidazole rings is 1. The monoisotopic (exact) mass is 638 g/mol. The van der Waals surface area contributed by atoms with E-state index in [4.69, 9.17) is 19.9 Å². The van der Waals surface area contributed by atoms with Gasteiger partial charge >= 0.3 is 0 Å². The van der Waals surface area contributed by atoms with Crippen LogP contribution in [0.3, 0.4) is 0 Å². The molecule has 0 saturated carbocycles. The number of hydrogen-bond donors (Lipinski definition) is 0. The topological polar surface area (TPSA) is 60.9 Å². The van der Waals surface area contributed by atoms with E-state index < -0.39 is 0 Å². The first kappa shape index (κ1) is 27.1. The molecule has 0 radical (unpaired) electrons. The predicted octanol–water partition coefficient (Wildman–Crippen LogP) is 10.6. The third-order valence-corrected chi connectivity index (χ3v) is 9.96. The smallest absolute Gasteiger partial charge is 0.237 e. The van der Waals surface area contributed by atoms with Crippen molar-refractivity contribution in [3.63, 3.8) is 0 Å². The molecule has 0 N–H and O–H groups in total. The van der Waals surface area contributed by atoms with E-state index in [-0.39, 0.29) is 0 Å². The highest BCUT2D eigenvalue weighted by atomic mass is 15.2. The summed E-state index contributed by atoms with van der Waals surface area (Å²) in [5.41, 5.74) is 10.9. The number of benzene rings is 6. The molecule has 0 saturated heterocycles. The highest BCUT2D eigenvalue weighted by Crippen LogP contribution is 2.38. The zero-order chi connectivity index (χ0) is 32.8. The number of nitrogens with zero attached hydrogens (tertiary/aromatic N) is 6. The van der Waals surface area contributed by atoms with E-state index in [1.165, 1.54) is 10.8 Å². The van der Waals surface area contributed by atoms with Crippen LogP contribution in [0.4, 0.5) is 0 Å². The lowest BCUT2D eigenvalue weighted by Crippen LogP contribution is -2.05. The molecule has 6 nitrogen and oxygen atoms in total. The Morgan fingerprint density at radius 1 is 0.440 bits per heavy atom. The Kier molecular flexibility index (Phi) is 5.57. The third-order valence-electron chi connectivity index (χ3n) is 9.96. The fourth-order valence-corrected chi connectivity index (χ4v) is 7.73. The lowest BCUT2D eigenvalue weighted by atomic mass is 9.99. The van der Waals surface area contributed by atoms with Gasteiger partial charge in [0.15, 0.2) is 5.65 Å². The van der Waals surface area contributed by atoms with Gasteiger partial charge in [0.1, 0.15) is 11.2 Å². The summed E-state index contributed by atoms with van der Waals surface area (Å²) in [5, 5.41) is 6.65. The minimum atomic E-state index is 0.603. The third kappa shape index (κ3) is 3.78. The van der Waals surface area contributed by atoms with Crippen molar-refractivity contribution < 1.29 is 0 Å². The van der Waals surface area contributed by atoms with Crippen LogP contribution in [0.1, 0.15) is 0 Å². The van der Waals surface area contributed by atoms with Crippen LogP contribution in [0.5, 0.6) is 0 Å². The molecule has 11 aromatic rings. The van der Waals surface area contributed by atoms with Gasteiger partial charge in [0, 0.05) is 44.3 Å². The van der Waals surface area contributed by atoms with Gasteiger partial charge in [-0.3, -0.25) is 14.0 Å². The normalized spacial score (nSPS) is 12.0. The highest BCUT2D eigenvalue weighted by Gasteiger charge is 2.23. The van der Waals surface area contributed by atoms with Crippen LogP contribution in [-0.2, 0) is 0 Å². The molecule has 0 aliphatic heterocycles. The molecule has 6 heteroatoms. The largest absolute Gasteiger partial charge is 0.277 e. The first-order valence-electron chi connectivity index (χ1n) is 16.7. The zero-order valence-corrected chi connectivity index (χ0v) is 26.7. The van der Waals surface area contributed by atoms with Crippen LogP contribution in [-0.4, -0.2) is 28.9 Å². The van der Waals surface area contributed by atoms with Crippen molar-refractivity contribution in [3.8, 4) is 28.3 Å². The minimum Gasteiger partial charge on any atom is -0.277 e. The lowest BCUT2D eigenvalue weighted by Gasteiger charge is -2.13. The summed E-state index contributed by atoms with van der Waals surface area (Å²) in [6, 6.07) is 52.9. The van der Waals surface area contributed by atoms with E-state index in [2.05, 4.69) is 148 Å². The Morgan fingerprint density at radius 3 is 1.98 bits per heavy atom. The van der Waals surface area contributed by atoms with Crippen LogP contribution in [0.2, 0.25) is 0 Å². The van der Waals surface area contributed by atoms with Gasteiger partial charge in [-0.05, 0) is 35.2 Å². The molecule has 11 rings (SSSR count). The minimum absolute atomic E-state index is 0.603. The maximum atomic E-state index is 5.39. The standard InChI is InChI=1S/C44H26N6/c1-2-15-33-31(13-1)32-14-4-7-20-37(32)49-42(33)47-41-35-17-5-8-21-38(35)50(43(41)49)44-46-36-19-6-3-16-34(36)40(48-44)29-24-22-27(23-25-29)30-18-9-11-28-12-10-26-45-39(28)30/h1-26H. The predicted molar refractivity (Wildman–Crippen MR) is 204 cm³/mol. The van der Waals surface area contributed by atoms with Gasteiger partial charge < -0.3 is 0 Å². The average molecular weight is 639 g/mol. The van der Waals surface area contributed by atoms with E-state index in [0.29, 0.717) is 5.95 Å². The van der Waals surface area contributed by atoms with Gasteiger partial charge in [-0.25, -0.2) is 15.0 Å². The number of pyridine rings is 2. The van der Waals surface area contributed by atoms with Crippen LogP contribution >= 0.6 is 0 Å². The van der Waals surface area contributed by atoms with E-state index in [0.717, 1.165) is 82.8 Å². The second-order valence-corrected chi connectivity index (χ2v) is 12.7. The summed E-state index contributed by atoms with van der Waals surface area (Å²) in [4.78, 5) is 20.7. The maximum absolute atomic E-state index is 5.39. The Hall–Kier alpha value is -6.92. The summed E-state index contributed by atoms with van der Waals surface area (Å²) in [6.45, 7) is 0. The lowest BCUT2D eigenvalue weighted by molar-refractivity contribution is 0.993. The van der Waals surface area contributed by atoms with Crippen molar-refractivity contribution >= 4 is 71.2 Å². The molecule has 0 fully saturated rings. The van der Waals surface area contributed by atoms with Crippen LogP contribution in [0.15, 0.2) is 158 Å². The van der Waals surface area contributed by atoms with Crippen LogP contribution in [0, 0.1) is 0 Å². The molecule has 6 aromatic carbocycles. The van der Waals surface area contributed by atoms with Crippen molar-refractivity contribution in [2.45, 2.75) is 0 Å². The number of fused-ring (bicyclic) bond motifs is 12. The molecule has 0 bridgehead atoms. The van der Waals surface area contributed by atoms with Crippen molar-refractivity contribution in [1.29, 1.82) is 0 Å². The molecular weight excluding hydrogens is 613 g/mol. The first-order valence-corrected chi connectivity index (χ1v) is 16.7. The molecule has 5 heterocycles. The van der Waals surface area contributed by atoms with E-state index in [1.807, 2.05) is 18.3 Å². The van der Waals surface area contributed by atoms with E-state index >= 15 is 0 Å². The molecule has 0 aliphatic carbocycles. The second-order valence-electron chi connectivity index (χ2n) is 12.7. The van der Waals surface area contributed by atoms with Crippen molar-refractivity contribution in [3.05, 3.63) is 158 Å². The summed E-state index contributed by atoms with van der Waals surface area (Å²) in [6.07, 6.45) is 1.85.